The van der Waals surface area contributed by atoms with Gasteiger partial charge in [-0.05, 0) is 52.4 Å². The number of fused-ring (bicyclic) bond motifs is 3. The first kappa shape index (κ1) is 25.9. The molecule has 0 unspecified atom stereocenters. The number of rotatable bonds is 4. The lowest BCUT2D eigenvalue weighted by Crippen LogP contribution is -2.35. The Morgan fingerprint density at radius 2 is 1.48 bits per heavy atom. The van der Waals surface area contributed by atoms with Crippen LogP contribution in [0.15, 0.2) is 108 Å². The highest BCUT2D eigenvalue weighted by atomic mass is 19.4. The fraction of sp³-hybridized carbons (Fsp3) is 0.212. The summed E-state index contributed by atoms with van der Waals surface area (Å²) >= 11 is 0. The van der Waals surface area contributed by atoms with Crippen molar-refractivity contribution in [3.63, 3.8) is 0 Å². The van der Waals surface area contributed by atoms with Crippen LogP contribution in [0.5, 0.6) is 0 Å². The molecule has 0 fully saturated rings. The fourth-order valence-corrected chi connectivity index (χ4v) is 5.88. The standard InChI is InChI=1S/C33H28F3N3O/c1-20(2)21-14-18-25(19-15-21)37-32(40)39-31(23-12-16-24(17-13-23)33(34,35)36)29-28(22-8-4-3-5-9-22)26-10-6-7-11-27(26)30(29)38-39/h3-20,28-29,31H,1-2H3,(H,37,40)/t28-,29-,31+/m0/s1. The molecule has 1 aliphatic carbocycles. The zero-order valence-electron chi connectivity index (χ0n) is 22.1. The molecule has 6 rings (SSSR count). The Bertz CT molecular complexity index is 1560. The Labute approximate surface area is 231 Å². The second-order valence-electron chi connectivity index (χ2n) is 10.6. The summed E-state index contributed by atoms with van der Waals surface area (Å²) in [5.74, 6) is -0.0367. The minimum absolute atomic E-state index is 0.119. The van der Waals surface area contributed by atoms with Crippen molar-refractivity contribution in [3.8, 4) is 0 Å². The van der Waals surface area contributed by atoms with Gasteiger partial charge in [0.1, 0.15) is 0 Å². The van der Waals surface area contributed by atoms with Gasteiger partial charge in [-0.2, -0.15) is 18.3 Å². The van der Waals surface area contributed by atoms with Crippen LogP contribution in [0.3, 0.4) is 0 Å². The van der Waals surface area contributed by atoms with Crippen molar-refractivity contribution in [3.05, 3.63) is 137 Å². The molecule has 40 heavy (non-hydrogen) atoms. The molecular weight excluding hydrogens is 511 g/mol. The number of urea groups is 1. The maximum absolute atomic E-state index is 13.8. The first-order valence-corrected chi connectivity index (χ1v) is 13.3. The Kier molecular flexibility index (Phi) is 6.45. The van der Waals surface area contributed by atoms with Gasteiger partial charge < -0.3 is 5.32 Å². The first-order chi connectivity index (χ1) is 19.2. The molecule has 0 aromatic heterocycles. The molecule has 1 aliphatic heterocycles. The predicted molar refractivity (Wildman–Crippen MR) is 150 cm³/mol. The second kappa shape index (κ2) is 9.97. The van der Waals surface area contributed by atoms with E-state index in [1.807, 2.05) is 72.8 Å². The summed E-state index contributed by atoms with van der Waals surface area (Å²) in [4.78, 5) is 13.8. The highest BCUT2D eigenvalue weighted by molar-refractivity contribution is 6.10. The molecule has 4 aromatic rings. The molecule has 2 amide bonds. The summed E-state index contributed by atoms with van der Waals surface area (Å²) in [6.07, 6.45) is -4.45. The van der Waals surface area contributed by atoms with Gasteiger partial charge in [-0.3, -0.25) is 0 Å². The van der Waals surface area contributed by atoms with Crippen LogP contribution in [0.25, 0.3) is 0 Å². The van der Waals surface area contributed by atoms with Gasteiger partial charge in [0.15, 0.2) is 0 Å². The van der Waals surface area contributed by atoms with Gasteiger partial charge in [-0.25, -0.2) is 9.80 Å². The van der Waals surface area contributed by atoms with E-state index < -0.39 is 23.8 Å². The molecule has 0 saturated heterocycles. The van der Waals surface area contributed by atoms with E-state index in [9.17, 15) is 18.0 Å². The molecule has 0 spiro atoms. The van der Waals surface area contributed by atoms with E-state index in [2.05, 4.69) is 25.2 Å². The van der Waals surface area contributed by atoms with Crippen LogP contribution >= 0.6 is 0 Å². The largest absolute Gasteiger partial charge is 0.416 e. The van der Waals surface area contributed by atoms with Gasteiger partial charge >= 0.3 is 12.2 Å². The number of hydrogen-bond acceptors (Lipinski definition) is 2. The summed E-state index contributed by atoms with van der Waals surface area (Å²) in [5, 5.41) is 9.21. The summed E-state index contributed by atoms with van der Waals surface area (Å²) in [7, 11) is 0. The van der Waals surface area contributed by atoms with Crippen molar-refractivity contribution in [1.29, 1.82) is 0 Å². The number of nitrogens with one attached hydrogen (secondary N) is 1. The molecule has 3 atom stereocenters. The quantitative estimate of drug-likeness (QED) is 0.277. The van der Waals surface area contributed by atoms with Crippen LogP contribution in [0, 0.1) is 5.92 Å². The third kappa shape index (κ3) is 4.55. The van der Waals surface area contributed by atoms with Gasteiger partial charge in [0.2, 0.25) is 0 Å². The number of alkyl halides is 3. The van der Waals surface area contributed by atoms with Gasteiger partial charge in [0, 0.05) is 23.1 Å². The Morgan fingerprint density at radius 1 is 0.825 bits per heavy atom. The lowest BCUT2D eigenvalue weighted by Gasteiger charge is -2.30. The van der Waals surface area contributed by atoms with Crippen molar-refractivity contribution in [2.24, 2.45) is 11.0 Å². The zero-order chi connectivity index (χ0) is 28.0. The lowest BCUT2D eigenvalue weighted by atomic mass is 9.79. The molecule has 1 N–H and O–H groups in total. The van der Waals surface area contributed by atoms with Gasteiger partial charge in [-0.1, -0.05) is 92.7 Å². The minimum atomic E-state index is -4.45. The molecular formula is C33H28F3N3O. The number of halogens is 3. The normalized spacial score (nSPS) is 19.8. The van der Waals surface area contributed by atoms with Crippen LogP contribution in [0.2, 0.25) is 0 Å². The molecule has 1 heterocycles. The van der Waals surface area contributed by atoms with Crippen LogP contribution in [-0.2, 0) is 6.18 Å². The third-order valence-electron chi connectivity index (χ3n) is 7.84. The van der Waals surface area contributed by atoms with E-state index in [0.29, 0.717) is 17.2 Å². The highest BCUT2D eigenvalue weighted by Gasteiger charge is 2.51. The highest BCUT2D eigenvalue weighted by Crippen LogP contribution is 2.53. The molecule has 0 saturated carbocycles. The predicted octanol–water partition coefficient (Wildman–Crippen LogP) is 8.58. The summed E-state index contributed by atoms with van der Waals surface area (Å²) in [6.45, 7) is 4.20. The average molecular weight is 540 g/mol. The molecule has 4 aromatic carbocycles. The van der Waals surface area contributed by atoms with Crippen molar-refractivity contribution in [2.45, 2.75) is 37.9 Å². The average Bonchev–Trinajstić information content (AvgIpc) is 3.48. The first-order valence-electron chi connectivity index (χ1n) is 13.3. The van der Waals surface area contributed by atoms with Crippen molar-refractivity contribution < 1.29 is 18.0 Å². The molecule has 4 nitrogen and oxygen atoms in total. The summed E-state index contributed by atoms with van der Waals surface area (Å²) < 4.78 is 40.2. The zero-order valence-corrected chi connectivity index (χ0v) is 22.1. The molecule has 7 heteroatoms. The number of carbonyl (C=O) groups is 1. The number of nitrogens with zero attached hydrogens (tertiary/aromatic N) is 2. The van der Waals surface area contributed by atoms with E-state index in [-0.39, 0.29) is 11.8 Å². The molecule has 202 valence electrons. The maximum Gasteiger partial charge on any atom is 0.416 e. The third-order valence-corrected chi connectivity index (χ3v) is 7.84. The number of benzene rings is 4. The smallest absolute Gasteiger partial charge is 0.306 e. The number of anilines is 1. The maximum atomic E-state index is 13.8. The number of carbonyl (C=O) groups excluding carboxylic acids is 1. The number of hydrazone groups is 1. The van der Waals surface area contributed by atoms with Gasteiger partial charge in [0.25, 0.3) is 0 Å². The Balaban J connectivity index is 1.44. The molecule has 0 bridgehead atoms. The lowest BCUT2D eigenvalue weighted by molar-refractivity contribution is -0.137. The van der Waals surface area contributed by atoms with Gasteiger partial charge in [0.05, 0.1) is 17.3 Å². The van der Waals surface area contributed by atoms with E-state index in [1.54, 1.807) is 0 Å². The van der Waals surface area contributed by atoms with E-state index in [1.165, 1.54) is 17.1 Å². The summed E-state index contributed by atoms with van der Waals surface area (Å²) in [5.41, 5.74) is 5.51. The van der Waals surface area contributed by atoms with Crippen LogP contribution in [0.1, 0.15) is 65.1 Å². The van der Waals surface area contributed by atoms with E-state index in [0.717, 1.165) is 40.1 Å². The van der Waals surface area contributed by atoms with Crippen molar-refractivity contribution in [1.82, 2.24) is 5.01 Å². The molecule has 2 aliphatic rings. The van der Waals surface area contributed by atoms with Crippen LogP contribution in [0.4, 0.5) is 23.7 Å². The minimum Gasteiger partial charge on any atom is -0.306 e. The monoisotopic (exact) mass is 539 g/mol. The summed E-state index contributed by atoms with van der Waals surface area (Å²) in [6, 6.07) is 29.7. The topological polar surface area (TPSA) is 44.7 Å². The molecule has 0 radical (unpaired) electrons. The van der Waals surface area contributed by atoms with Gasteiger partial charge in [-0.15, -0.1) is 0 Å². The van der Waals surface area contributed by atoms with Crippen molar-refractivity contribution >= 4 is 17.4 Å². The Morgan fingerprint density at radius 3 is 2.12 bits per heavy atom. The SMILES string of the molecule is CC(C)c1ccc(NC(=O)N2N=C3c4ccccc4[C@H](c4ccccc4)[C@@H]3[C@H]2c2ccc(C(F)(F)F)cc2)cc1. The van der Waals surface area contributed by atoms with Crippen LogP contribution in [-0.4, -0.2) is 16.8 Å². The van der Waals surface area contributed by atoms with E-state index in [4.69, 9.17) is 5.10 Å². The number of amides is 2. The fourth-order valence-electron chi connectivity index (χ4n) is 5.88. The Hall–Kier alpha value is -4.39. The second-order valence-corrected chi connectivity index (χ2v) is 10.6. The number of hydrogen-bond donors (Lipinski definition) is 1. The van der Waals surface area contributed by atoms with E-state index >= 15 is 0 Å². The van der Waals surface area contributed by atoms with Crippen LogP contribution < -0.4 is 5.32 Å². The van der Waals surface area contributed by atoms with Crippen molar-refractivity contribution in [2.75, 3.05) is 5.32 Å².